The second kappa shape index (κ2) is 8.51. The molecule has 0 saturated carbocycles. The molecule has 13 heteroatoms. The zero-order valence-electron chi connectivity index (χ0n) is 17.5. The average molecular weight is 499 g/mol. The molecule has 0 aliphatic heterocycles. The van der Waals surface area contributed by atoms with Crippen molar-refractivity contribution in [3.8, 4) is 0 Å². The fourth-order valence-electron chi connectivity index (χ4n) is 3.17. The smallest absolute Gasteiger partial charge is 0.250 e. The number of hydrazine groups is 2. The zero-order chi connectivity index (χ0) is 23.0. The van der Waals surface area contributed by atoms with Gasteiger partial charge in [-0.25, -0.2) is 24.7 Å². The number of nitrogens with one attached hydrogen (secondary N) is 1. The van der Waals surface area contributed by atoms with Crippen molar-refractivity contribution in [3.63, 3.8) is 0 Å². The van der Waals surface area contributed by atoms with Crippen molar-refractivity contribution in [2.24, 2.45) is 0 Å². The van der Waals surface area contributed by atoms with Crippen LogP contribution in [0.2, 0.25) is 0 Å². The topological polar surface area (TPSA) is 107 Å². The molecule has 168 valence electrons. The molecule has 2 aromatic carbocycles. The van der Waals surface area contributed by atoms with Gasteiger partial charge in [0, 0.05) is 31.0 Å². The quantitative estimate of drug-likeness (QED) is 0.338. The van der Waals surface area contributed by atoms with Crippen molar-refractivity contribution < 1.29 is 8.42 Å². The van der Waals surface area contributed by atoms with Crippen LogP contribution in [0.25, 0.3) is 20.4 Å². The van der Waals surface area contributed by atoms with Gasteiger partial charge in [0.1, 0.15) is 0 Å². The third-order valence-electron chi connectivity index (χ3n) is 4.63. The summed E-state index contributed by atoms with van der Waals surface area (Å²) in [6, 6.07) is 16.9. The standard InChI is InChI=1S/C20H18N8O2S3/c1-26(19-23-14-8-3-5-10-16(14)31-19)28(33(29,30)25-18-21-12-7-13-22-18)27(2)20-24-15-9-4-6-11-17(15)32-20/h3-13H,1-2H3,(H,21,22,25). The molecule has 33 heavy (non-hydrogen) atoms. The number of thiazole rings is 2. The van der Waals surface area contributed by atoms with Crippen molar-refractivity contribution >= 4 is 69.5 Å². The minimum absolute atomic E-state index is 0.0436. The summed E-state index contributed by atoms with van der Waals surface area (Å²) in [5.74, 6) is -0.0436. The first-order chi connectivity index (χ1) is 15.9. The minimum atomic E-state index is -4.20. The Morgan fingerprint density at radius 1 is 0.758 bits per heavy atom. The Labute approximate surface area is 197 Å². The van der Waals surface area contributed by atoms with Gasteiger partial charge in [-0.15, -0.1) is 0 Å². The molecule has 3 aromatic heterocycles. The van der Waals surface area contributed by atoms with Gasteiger partial charge in [-0.05, 0) is 30.3 Å². The van der Waals surface area contributed by atoms with Crippen LogP contribution in [-0.4, -0.2) is 47.0 Å². The Kier molecular flexibility index (Phi) is 5.54. The van der Waals surface area contributed by atoms with Crippen molar-refractivity contribution in [2.75, 3.05) is 28.8 Å². The maximum absolute atomic E-state index is 13.6. The molecule has 3 heterocycles. The number of rotatable bonds is 7. The van der Waals surface area contributed by atoms with Gasteiger partial charge in [-0.1, -0.05) is 46.9 Å². The Morgan fingerprint density at radius 2 is 1.24 bits per heavy atom. The highest BCUT2D eigenvalue weighted by molar-refractivity contribution is 7.90. The predicted molar refractivity (Wildman–Crippen MR) is 132 cm³/mol. The van der Waals surface area contributed by atoms with Crippen LogP contribution in [0, 0.1) is 0 Å². The highest BCUT2D eigenvalue weighted by Gasteiger charge is 2.34. The lowest BCUT2D eigenvalue weighted by Crippen LogP contribution is -2.55. The van der Waals surface area contributed by atoms with E-state index in [1.54, 1.807) is 20.2 Å². The van der Waals surface area contributed by atoms with Crippen LogP contribution in [0.3, 0.4) is 0 Å². The Morgan fingerprint density at radius 3 is 1.73 bits per heavy atom. The van der Waals surface area contributed by atoms with E-state index in [4.69, 9.17) is 0 Å². The summed E-state index contributed by atoms with van der Waals surface area (Å²) in [4.78, 5) is 17.2. The number of nitrogens with zero attached hydrogens (tertiary/aromatic N) is 7. The molecule has 1 N–H and O–H groups in total. The highest BCUT2D eigenvalue weighted by Crippen LogP contribution is 2.33. The lowest BCUT2D eigenvalue weighted by Gasteiger charge is -2.35. The number of para-hydroxylation sites is 2. The van der Waals surface area contributed by atoms with E-state index in [1.165, 1.54) is 45.1 Å². The third kappa shape index (κ3) is 4.18. The first-order valence-electron chi connectivity index (χ1n) is 9.71. The molecular formula is C20H18N8O2S3. The van der Waals surface area contributed by atoms with E-state index in [0.717, 1.165) is 25.0 Å². The summed E-state index contributed by atoms with van der Waals surface area (Å²) < 4.78 is 32.5. The van der Waals surface area contributed by atoms with E-state index in [1.807, 2.05) is 48.5 Å². The molecule has 0 fully saturated rings. The number of benzene rings is 2. The minimum Gasteiger partial charge on any atom is -0.250 e. The highest BCUT2D eigenvalue weighted by atomic mass is 32.2. The molecule has 0 bridgehead atoms. The summed E-state index contributed by atoms with van der Waals surface area (Å²) in [5.41, 5.74) is 1.56. The first kappa shape index (κ1) is 21.5. The van der Waals surface area contributed by atoms with Crippen LogP contribution in [0.4, 0.5) is 16.2 Å². The average Bonchev–Trinajstić information content (AvgIpc) is 3.43. The Bertz CT molecular complexity index is 1370. The van der Waals surface area contributed by atoms with E-state index in [9.17, 15) is 8.42 Å². The summed E-state index contributed by atoms with van der Waals surface area (Å²) in [7, 11) is -0.938. The van der Waals surface area contributed by atoms with E-state index in [2.05, 4.69) is 24.7 Å². The molecular weight excluding hydrogens is 480 g/mol. The first-order valence-corrected chi connectivity index (χ1v) is 12.8. The van der Waals surface area contributed by atoms with Gasteiger partial charge in [-0.2, -0.15) is 8.42 Å². The lowest BCUT2D eigenvalue weighted by molar-refractivity contribution is 0.397. The van der Waals surface area contributed by atoms with E-state index in [0.29, 0.717) is 10.3 Å². The molecule has 0 spiro atoms. The van der Waals surface area contributed by atoms with Gasteiger partial charge in [0.05, 0.1) is 20.4 Å². The van der Waals surface area contributed by atoms with Crippen LogP contribution >= 0.6 is 22.7 Å². The summed E-state index contributed by atoms with van der Waals surface area (Å²) in [6.07, 6.45) is 2.92. The fraction of sp³-hybridized carbons (Fsp3) is 0.100. The Balaban J connectivity index is 1.58. The molecule has 0 saturated heterocycles. The summed E-state index contributed by atoms with van der Waals surface area (Å²) in [6.45, 7) is 0. The maximum Gasteiger partial charge on any atom is 0.339 e. The van der Waals surface area contributed by atoms with Gasteiger partial charge in [0.25, 0.3) is 0 Å². The van der Waals surface area contributed by atoms with Gasteiger partial charge < -0.3 is 0 Å². The Hall–Kier alpha value is -3.39. The zero-order valence-corrected chi connectivity index (χ0v) is 20.0. The molecule has 0 aliphatic rings. The van der Waals surface area contributed by atoms with Gasteiger partial charge >= 0.3 is 10.2 Å². The monoisotopic (exact) mass is 498 g/mol. The lowest BCUT2D eigenvalue weighted by atomic mass is 10.3. The van der Waals surface area contributed by atoms with E-state index >= 15 is 0 Å². The van der Waals surface area contributed by atoms with Crippen LogP contribution in [-0.2, 0) is 10.2 Å². The number of anilines is 3. The third-order valence-corrected chi connectivity index (χ3v) is 8.20. The number of hydrogen-bond donors (Lipinski definition) is 1. The van der Waals surface area contributed by atoms with Gasteiger partial charge in [0.2, 0.25) is 16.2 Å². The number of aromatic nitrogens is 4. The normalized spacial score (nSPS) is 11.8. The number of fused-ring (bicyclic) bond motifs is 2. The largest absolute Gasteiger partial charge is 0.339 e. The molecule has 0 unspecified atom stereocenters. The summed E-state index contributed by atoms with van der Waals surface area (Å²) >= 11 is 2.76. The second-order valence-electron chi connectivity index (χ2n) is 6.88. The van der Waals surface area contributed by atoms with Gasteiger partial charge in [0.15, 0.2) is 0 Å². The maximum atomic E-state index is 13.6. The van der Waals surface area contributed by atoms with Crippen LogP contribution in [0.5, 0.6) is 0 Å². The van der Waals surface area contributed by atoms with E-state index in [-0.39, 0.29) is 5.95 Å². The second-order valence-corrected chi connectivity index (χ2v) is 10.4. The predicted octanol–water partition coefficient (Wildman–Crippen LogP) is 3.76. The van der Waals surface area contributed by atoms with Crippen LogP contribution < -0.4 is 14.7 Å². The van der Waals surface area contributed by atoms with Crippen LogP contribution in [0.1, 0.15) is 0 Å². The summed E-state index contributed by atoms with van der Waals surface area (Å²) in [5, 5.41) is 3.90. The molecule has 0 atom stereocenters. The fourth-order valence-corrected chi connectivity index (χ4v) is 6.33. The SMILES string of the molecule is CN(c1nc2ccccc2s1)N(N(C)c1nc2ccccc2s1)S(=O)(=O)Nc1ncccn1. The van der Waals surface area contributed by atoms with Crippen molar-refractivity contribution in [2.45, 2.75) is 0 Å². The van der Waals surface area contributed by atoms with Gasteiger partial charge in [-0.3, -0.25) is 10.0 Å². The molecule has 5 rings (SSSR count). The number of hydrogen-bond acceptors (Lipinski definition) is 10. The van der Waals surface area contributed by atoms with Crippen molar-refractivity contribution in [3.05, 3.63) is 67.0 Å². The molecule has 0 radical (unpaired) electrons. The van der Waals surface area contributed by atoms with Crippen LogP contribution in [0.15, 0.2) is 67.0 Å². The van der Waals surface area contributed by atoms with Crippen molar-refractivity contribution in [1.82, 2.24) is 24.5 Å². The molecule has 10 nitrogen and oxygen atoms in total. The molecule has 5 aromatic rings. The van der Waals surface area contributed by atoms with Crippen molar-refractivity contribution in [1.29, 1.82) is 0 Å². The molecule has 0 aliphatic carbocycles. The van der Waals surface area contributed by atoms with E-state index < -0.39 is 10.2 Å². The molecule has 0 amide bonds.